The van der Waals surface area contributed by atoms with E-state index in [1.165, 1.54) is 0 Å². The molecule has 0 aliphatic rings. The molecule has 0 atom stereocenters. The van der Waals surface area contributed by atoms with Crippen molar-refractivity contribution in [3.63, 3.8) is 0 Å². The summed E-state index contributed by atoms with van der Waals surface area (Å²) in [7, 11) is 3.25. The number of carbonyl (C=O) groups is 1. The molecule has 0 aromatic carbocycles. The Morgan fingerprint density at radius 2 is 1.50 bits per heavy atom. The van der Waals surface area contributed by atoms with E-state index < -0.39 is 0 Å². The number of aldehydes is 1. The third-order valence-electron chi connectivity index (χ3n) is 0.272. The SMILES string of the molecule is CC(C)C=O.COC. The maximum atomic E-state index is 9.50. The van der Waals surface area contributed by atoms with Crippen LogP contribution in [0, 0.1) is 5.92 Å². The number of hydrogen-bond donors (Lipinski definition) is 0. The van der Waals surface area contributed by atoms with Gasteiger partial charge in [0.05, 0.1) is 0 Å². The van der Waals surface area contributed by atoms with Crippen molar-refractivity contribution in [3.05, 3.63) is 0 Å². The van der Waals surface area contributed by atoms with Crippen LogP contribution in [0.15, 0.2) is 0 Å². The van der Waals surface area contributed by atoms with Crippen molar-refractivity contribution in [1.29, 1.82) is 0 Å². The summed E-state index contributed by atoms with van der Waals surface area (Å²) in [5.74, 6) is 0.204. The van der Waals surface area contributed by atoms with E-state index in [0.717, 1.165) is 6.29 Å². The summed E-state index contributed by atoms with van der Waals surface area (Å²) in [5.41, 5.74) is 0. The van der Waals surface area contributed by atoms with Crippen LogP contribution in [0.1, 0.15) is 13.8 Å². The molecule has 0 aromatic heterocycles. The molecule has 0 amide bonds. The van der Waals surface area contributed by atoms with Gasteiger partial charge in [-0.3, -0.25) is 0 Å². The fourth-order valence-electron chi connectivity index (χ4n) is 0. The standard InChI is InChI=1S/C4H8O.C2H6O/c1-4(2)3-5;1-3-2/h3-4H,1-2H3;1-2H3. The highest BCUT2D eigenvalue weighted by molar-refractivity contribution is 5.51. The highest BCUT2D eigenvalue weighted by Gasteiger charge is 1.79. The average Bonchev–Trinajstić information content (AvgIpc) is 1.69. The van der Waals surface area contributed by atoms with E-state index in [-0.39, 0.29) is 5.92 Å². The smallest absolute Gasteiger partial charge is 0.122 e. The van der Waals surface area contributed by atoms with Crippen molar-refractivity contribution >= 4 is 6.29 Å². The average molecular weight is 118 g/mol. The Bertz CT molecular complexity index is 41.8. The first kappa shape index (κ1) is 10.6. The molecule has 50 valence electrons. The summed E-state index contributed by atoms with van der Waals surface area (Å²) in [6.07, 6.45) is 0.917. The minimum absolute atomic E-state index is 0.204. The summed E-state index contributed by atoms with van der Waals surface area (Å²) in [4.78, 5) is 9.50. The zero-order chi connectivity index (χ0) is 6.99. The van der Waals surface area contributed by atoms with Gasteiger partial charge < -0.3 is 9.53 Å². The normalized spacial score (nSPS) is 7.62. The number of methoxy groups -OCH3 is 1. The molecule has 0 saturated heterocycles. The van der Waals surface area contributed by atoms with E-state index in [9.17, 15) is 4.79 Å². The minimum Gasteiger partial charge on any atom is -0.388 e. The molecule has 0 N–H and O–H groups in total. The molecule has 2 heteroatoms. The van der Waals surface area contributed by atoms with Crippen molar-refractivity contribution in [2.75, 3.05) is 14.2 Å². The van der Waals surface area contributed by atoms with Crippen LogP contribution in [0.5, 0.6) is 0 Å². The van der Waals surface area contributed by atoms with Crippen molar-refractivity contribution in [1.82, 2.24) is 0 Å². The van der Waals surface area contributed by atoms with Crippen LogP contribution in [0.25, 0.3) is 0 Å². The van der Waals surface area contributed by atoms with Gasteiger partial charge in [0.25, 0.3) is 0 Å². The molecule has 0 bridgehead atoms. The molecular formula is C6H14O2. The van der Waals surface area contributed by atoms with Crippen molar-refractivity contribution < 1.29 is 9.53 Å². The Hall–Kier alpha value is -0.370. The van der Waals surface area contributed by atoms with Crippen LogP contribution in [-0.4, -0.2) is 20.5 Å². The Kier molecular flexibility index (Phi) is 13.0. The Morgan fingerprint density at radius 3 is 1.50 bits per heavy atom. The lowest BCUT2D eigenvalue weighted by Gasteiger charge is -1.78. The number of rotatable bonds is 1. The summed E-state index contributed by atoms with van der Waals surface area (Å²) < 4.78 is 4.25. The van der Waals surface area contributed by atoms with E-state index in [1.807, 2.05) is 13.8 Å². The topological polar surface area (TPSA) is 26.3 Å². The largest absolute Gasteiger partial charge is 0.388 e. The maximum absolute atomic E-state index is 9.50. The van der Waals surface area contributed by atoms with Gasteiger partial charge in [-0.05, 0) is 0 Å². The molecule has 0 aromatic rings. The molecule has 0 fully saturated rings. The summed E-state index contributed by atoms with van der Waals surface area (Å²) in [6, 6.07) is 0. The summed E-state index contributed by atoms with van der Waals surface area (Å²) in [6.45, 7) is 3.71. The van der Waals surface area contributed by atoms with Crippen LogP contribution in [0.3, 0.4) is 0 Å². The predicted molar refractivity (Wildman–Crippen MR) is 33.8 cm³/mol. The Balaban J connectivity index is 0. The fraction of sp³-hybridized carbons (Fsp3) is 0.833. The molecule has 0 radical (unpaired) electrons. The van der Waals surface area contributed by atoms with E-state index in [4.69, 9.17) is 0 Å². The zero-order valence-electron chi connectivity index (χ0n) is 5.97. The molecule has 0 aliphatic carbocycles. The van der Waals surface area contributed by atoms with Gasteiger partial charge in [0.2, 0.25) is 0 Å². The first-order valence-corrected chi connectivity index (χ1v) is 2.54. The maximum Gasteiger partial charge on any atom is 0.122 e. The second kappa shape index (κ2) is 9.80. The quantitative estimate of drug-likeness (QED) is 0.482. The fourth-order valence-corrected chi connectivity index (χ4v) is 0. The lowest BCUT2D eigenvalue weighted by molar-refractivity contribution is -0.110. The molecule has 0 unspecified atom stereocenters. The summed E-state index contributed by atoms with van der Waals surface area (Å²) in [5, 5.41) is 0. The molecule has 0 rings (SSSR count). The third-order valence-corrected chi connectivity index (χ3v) is 0.272. The van der Waals surface area contributed by atoms with Gasteiger partial charge in [-0.2, -0.15) is 0 Å². The van der Waals surface area contributed by atoms with Gasteiger partial charge in [0, 0.05) is 20.1 Å². The van der Waals surface area contributed by atoms with Crippen LogP contribution in [-0.2, 0) is 9.53 Å². The van der Waals surface area contributed by atoms with E-state index in [1.54, 1.807) is 14.2 Å². The molecule has 0 saturated carbocycles. The first-order chi connectivity index (χ1) is 3.68. The van der Waals surface area contributed by atoms with Crippen molar-refractivity contribution in [3.8, 4) is 0 Å². The van der Waals surface area contributed by atoms with Crippen LogP contribution in [0.4, 0.5) is 0 Å². The van der Waals surface area contributed by atoms with Crippen molar-refractivity contribution in [2.45, 2.75) is 13.8 Å². The second-order valence-electron chi connectivity index (χ2n) is 1.79. The van der Waals surface area contributed by atoms with Crippen LogP contribution < -0.4 is 0 Å². The minimum atomic E-state index is 0.204. The van der Waals surface area contributed by atoms with E-state index >= 15 is 0 Å². The summed E-state index contributed by atoms with van der Waals surface area (Å²) >= 11 is 0. The van der Waals surface area contributed by atoms with Gasteiger partial charge >= 0.3 is 0 Å². The lowest BCUT2D eigenvalue weighted by atomic mass is 10.3. The molecular weight excluding hydrogens is 104 g/mol. The van der Waals surface area contributed by atoms with E-state index in [0.29, 0.717) is 0 Å². The number of carbonyl (C=O) groups excluding carboxylic acids is 1. The van der Waals surface area contributed by atoms with Gasteiger partial charge in [-0.25, -0.2) is 0 Å². The number of ether oxygens (including phenoxy) is 1. The third kappa shape index (κ3) is 45.4. The zero-order valence-corrected chi connectivity index (χ0v) is 5.97. The number of hydrogen-bond acceptors (Lipinski definition) is 2. The van der Waals surface area contributed by atoms with E-state index in [2.05, 4.69) is 4.74 Å². The van der Waals surface area contributed by atoms with Gasteiger partial charge in [-0.1, -0.05) is 13.8 Å². The highest BCUT2D eigenvalue weighted by Crippen LogP contribution is 1.78. The van der Waals surface area contributed by atoms with Gasteiger partial charge in [0.15, 0.2) is 0 Å². The molecule has 0 aliphatic heterocycles. The van der Waals surface area contributed by atoms with Crippen LogP contribution in [0.2, 0.25) is 0 Å². The van der Waals surface area contributed by atoms with Crippen molar-refractivity contribution in [2.24, 2.45) is 5.92 Å². The Morgan fingerprint density at radius 1 is 1.38 bits per heavy atom. The molecule has 2 nitrogen and oxygen atoms in total. The molecule has 8 heavy (non-hydrogen) atoms. The lowest BCUT2D eigenvalue weighted by Crippen LogP contribution is -1.82. The Labute approximate surface area is 50.8 Å². The highest BCUT2D eigenvalue weighted by atomic mass is 16.4. The van der Waals surface area contributed by atoms with Gasteiger partial charge in [0.1, 0.15) is 6.29 Å². The molecule has 0 spiro atoms. The van der Waals surface area contributed by atoms with Crippen LogP contribution >= 0.6 is 0 Å². The first-order valence-electron chi connectivity index (χ1n) is 2.54. The monoisotopic (exact) mass is 118 g/mol. The predicted octanol–water partition coefficient (Wildman–Crippen LogP) is 1.10. The second-order valence-corrected chi connectivity index (χ2v) is 1.79. The van der Waals surface area contributed by atoms with Gasteiger partial charge in [-0.15, -0.1) is 0 Å². The molecule has 0 heterocycles.